The fourth-order valence-corrected chi connectivity index (χ4v) is 3.23. The number of anilines is 1. The molecule has 0 bridgehead atoms. The minimum absolute atomic E-state index is 0.0986. The van der Waals surface area contributed by atoms with Gasteiger partial charge in [-0.2, -0.15) is 0 Å². The van der Waals surface area contributed by atoms with E-state index in [2.05, 4.69) is 10.3 Å². The second kappa shape index (κ2) is 8.56. The van der Waals surface area contributed by atoms with Crippen molar-refractivity contribution in [2.75, 3.05) is 5.32 Å². The van der Waals surface area contributed by atoms with Crippen molar-refractivity contribution in [3.63, 3.8) is 0 Å². The van der Waals surface area contributed by atoms with E-state index in [0.29, 0.717) is 33.8 Å². The Morgan fingerprint density at radius 1 is 1.00 bits per heavy atom. The van der Waals surface area contributed by atoms with Crippen molar-refractivity contribution in [2.24, 2.45) is 0 Å². The third-order valence-electron chi connectivity index (χ3n) is 4.59. The molecule has 0 saturated heterocycles. The van der Waals surface area contributed by atoms with Crippen LogP contribution in [0.15, 0.2) is 54.6 Å². The number of ether oxygens (including phenoxy) is 1. The number of rotatable bonds is 6. The predicted molar refractivity (Wildman–Crippen MR) is 110 cm³/mol. The summed E-state index contributed by atoms with van der Waals surface area (Å²) in [5.41, 5.74) is 3.79. The van der Waals surface area contributed by atoms with Gasteiger partial charge in [0.25, 0.3) is 5.91 Å². The summed E-state index contributed by atoms with van der Waals surface area (Å²) in [6.07, 6.45) is 0. The molecule has 0 aliphatic carbocycles. The number of hydrogen-bond acceptors (Lipinski definition) is 4. The van der Waals surface area contributed by atoms with Crippen molar-refractivity contribution in [3.8, 4) is 0 Å². The molecule has 0 spiro atoms. The van der Waals surface area contributed by atoms with Crippen molar-refractivity contribution in [1.82, 2.24) is 4.98 Å². The van der Waals surface area contributed by atoms with Crippen LogP contribution in [0.3, 0.4) is 0 Å². The third-order valence-corrected chi connectivity index (χ3v) is 4.59. The van der Waals surface area contributed by atoms with Crippen LogP contribution in [0.25, 0.3) is 0 Å². The molecule has 6 heteroatoms. The van der Waals surface area contributed by atoms with Crippen molar-refractivity contribution >= 4 is 23.3 Å². The molecule has 3 aromatic rings. The third kappa shape index (κ3) is 4.60. The molecule has 3 rings (SSSR count). The first-order chi connectivity index (χ1) is 13.9. The fraction of sp³-hybridized carbons (Fsp3) is 0.174. The van der Waals surface area contributed by atoms with Crippen LogP contribution < -0.4 is 5.32 Å². The molecule has 2 N–H and O–H groups in total. The molecule has 0 radical (unpaired) electrons. The summed E-state index contributed by atoms with van der Waals surface area (Å²) in [4.78, 5) is 39.7. The fourth-order valence-electron chi connectivity index (χ4n) is 3.23. The minimum atomic E-state index is -0.476. The van der Waals surface area contributed by atoms with Gasteiger partial charge >= 0.3 is 5.97 Å². The predicted octanol–water partition coefficient (Wildman–Crippen LogP) is 4.44. The molecule has 2 aromatic carbocycles. The zero-order valence-corrected chi connectivity index (χ0v) is 16.5. The Morgan fingerprint density at radius 3 is 2.38 bits per heavy atom. The van der Waals surface area contributed by atoms with E-state index in [4.69, 9.17) is 4.74 Å². The van der Waals surface area contributed by atoms with Gasteiger partial charge in [-0.05, 0) is 50.1 Å². The Morgan fingerprint density at radius 2 is 1.72 bits per heavy atom. The first-order valence-electron chi connectivity index (χ1n) is 9.19. The molecule has 0 aliphatic heterocycles. The van der Waals surface area contributed by atoms with E-state index in [9.17, 15) is 14.4 Å². The molecule has 0 atom stereocenters. The maximum absolute atomic E-state index is 12.6. The number of ketones is 1. The first-order valence-corrected chi connectivity index (χ1v) is 9.19. The molecule has 6 nitrogen and oxygen atoms in total. The Kier molecular flexibility index (Phi) is 5.93. The lowest BCUT2D eigenvalue weighted by Crippen LogP contribution is -2.14. The van der Waals surface area contributed by atoms with Crippen LogP contribution in [-0.2, 0) is 11.3 Å². The van der Waals surface area contributed by atoms with Crippen LogP contribution in [0.2, 0.25) is 0 Å². The summed E-state index contributed by atoms with van der Waals surface area (Å²) in [5.74, 6) is -0.956. The number of hydrogen-bond donors (Lipinski definition) is 2. The lowest BCUT2D eigenvalue weighted by atomic mass is 10.1. The number of aromatic nitrogens is 1. The lowest BCUT2D eigenvalue weighted by molar-refractivity contribution is 0.0472. The minimum Gasteiger partial charge on any atom is -0.457 e. The summed E-state index contributed by atoms with van der Waals surface area (Å²) < 4.78 is 5.33. The number of amides is 1. The average Bonchev–Trinajstić information content (AvgIpc) is 3.01. The topological polar surface area (TPSA) is 88.3 Å². The summed E-state index contributed by atoms with van der Waals surface area (Å²) >= 11 is 0. The number of aromatic amines is 1. The zero-order chi connectivity index (χ0) is 21.0. The second-order valence-corrected chi connectivity index (χ2v) is 6.78. The van der Waals surface area contributed by atoms with Gasteiger partial charge in [0.2, 0.25) is 0 Å². The second-order valence-electron chi connectivity index (χ2n) is 6.78. The highest BCUT2D eigenvalue weighted by molar-refractivity contribution is 6.08. The van der Waals surface area contributed by atoms with E-state index < -0.39 is 5.97 Å². The smallest absolute Gasteiger partial charge is 0.338 e. The summed E-state index contributed by atoms with van der Waals surface area (Å²) in [6, 6.07) is 15.9. The van der Waals surface area contributed by atoms with E-state index in [1.807, 2.05) is 30.3 Å². The lowest BCUT2D eigenvalue weighted by Gasteiger charge is -2.08. The Hall–Kier alpha value is -3.67. The van der Waals surface area contributed by atoms with Crippen LogP contribution in [0.1, 0.15) is 54.9 Å². The summed E-state index contributed by atoms with van der Waals surface area (Å²) in [6.45, 7) is 5.12. The van der Waals surface area contributed by atoms with Crippen molar-refractivity contribution in [2.45, 2.75) is 27.4 Å². The van der Waals surface area contributed by atoms with Crippen LogP contribution in [0, 0.1) is 13.8 Å². The van der Waals surface area contributed by atoms with E-state index in [0.717, 1.165) is 5.56 Å². The van der Waals surface area contributed by atoms with E-state index in [1.165, 1.54) is 6.92 Å². The molecule has 0 saturated carbocycles. The maximum Gasteiger partial charge on any atom is 0.338 e. The maximum atomic E-state index is 12.6. The van der Waals surface area contributed by atoms with Gasteiger partial charge in [-0.15, -0.1) is 0 Å². The number of aryl methyl sites for hydroxylation is 1. The molecule has 148 valence electrons. The van der Waals surface area contributed by atoms with E-state index in [-0.39, 0.29) is 18.3 Å². The normalized spacial score (nSPS) is 10.4. The average molecular weight is 390 g/mol. The van der Waals surface area contributed by atoms with Gasteiger partial charge in [-0.25, -0.2) is 4.79 Å². The Bertz CT molecular complexity index is 1070. The van der Waals surface area contributed by atoms with Gasteiger partial charge in [-0.3, -0.25) is 9.59 Å². The zero-order valence-electron chi connectivity index (χ0n) is 16.5. The molecule has 29 heavy (non-hydrogen) atoms. The molecule has 0 fully saturated rings. The highest BCUT2D eigenvalue weighted by Crippen LogP contribution is 2.20. The van der Waals surface area contributed by atoms with Crippen molar-refractivity contribution in [3.05, 3.63) is 88.2 Å². The first kappa shape index (κ1) is 20.1. The molecule has 1 amide bonds. The van der Waals surface area contributed by atoms with Gasteiger partial charge in [0.15, 0.2) is 5.78 Å². The van der Waals surface area contributed by atoms with E-state index >= 15 is 0 Å². The van der Waals surface area contributed by atoms with Gasteiger partial charge in [0.05, 0.1) is 5.56 Å². The van der Waals surface area contributed by atoms with Crippen molar-refractivity contribution in [1.29, 1.82) is 0 Å². The number of carbonyl (C=O) groups is 3. The Balaban J connectivity index is 1.71. The number of H-pyrrole nitrogens is 1. The van der Waals surface area contributed by atoms with Gasteiger partial charge in [-0.1, -0.05) is 36.4 Å². The molecule has 0 unspecified atom stereocenters. The monoisotopic (exact) mass is 390 g/mol. The SMILES string of the molecule is CC(=O)c1c(C)[nH]c(C(=O)Nc2cccc(C(=O)OCc3ccccc3)c2)c1C. The molecule has 1 aromatic heterocycles. The van der Waals surface area contributed by atoms with Crippen LogP contribution in [0.4, 0.5) is 5.69 Å². The summed E-state index contributed by atoms with van der Waals surface area (Å²) in [7, 11) is 0. The standard InChI is InChI=1S/C23H22N2O4/c1-14-20(16(3)26)15(2)24-21(14)22(27)25-19-11-7-10-18(12-19)23(28)29-13-17-8-5-4-6-9-17/h4-12,24H,13H2,1-3H3,(H,25,27). The number of Topliss-reactive ketones (excluding diaryl/α,β-unsaturated/α-hetero) is 1. The molecule has 1 heterocycles. The van der Waals surface area contributed by atoms with Gasteiger partial charge in [0.1, 0.15) is 12.3 Å². The number of esters is 1. The van der Waals surface area contributed by atoms with Crippen molar-refractivity contribution < 1.29 is 19.1 Å². The molecule has 0 aliphatic rings. The van der Waals surface area contributed by atoms with E-state index in [1.54, 1.807) is 38.1 Å². The molecular formula is C23H22N2O4. The van der Waals surface area contributed by atoms with Gasteiger partial charge < -0.3 is 15.0 Å². The number of benzene rings is 2. The quantitative estimate of drug-likeness (QED) is 0.481. The Labute approximate surface area is 168 Å². The number of carbonyl (C=O) groups excluding carboxylic acids is 3. The van der Waals surface area contributed by atoms with Crippen LogP contribution >= 0.6 is 0 Å². The number of nitrogens with one attached hydrogen (secondary N) is 2. The van der Waals surface area contributed by atoms with Crippen LogP contribution in [-0.4, -0.2) is 22.6 Å². The molecular weight excluding hydrogens is 368 g/mol. The summed E-state index contributed by atoms with van der Waals surface area (Å²) in [5, 5.41) is 2.76. The highest BCUT2D eigenvalue weighted by atomic mass is 16.5. The van der Waals surface area contributed by atoms with Gasteiger partial charge in [0, 0.05) is 16.9 Å². The highest BCUT2D eigenvalue weighted by Gasteiger charge is 2.20. The van der Waals surface area contributed by atoms with Crippen LogP contribution in [0.5, 0.6) is 0 Å². The largest absolute Gasteiger partial charge is 0.457 e.